The van der Waals surface area contributed by atoms with E-state index in [-0.39, 0.29) is 53.7 Å². The predicted octanol–water partition coefficient (Wildman–Crippen LogP) is 6.71. The molecular weight excluding hydrogens is 714 g/mol. The molecule has 3 saturated heterocycles. The highest BCUT2D eigenvalue weighted by Gasteiger charge is 2.50. The third-order valence-corrected chi connectivity index (χ3v) is 11.8. The first-order valence-electron chi connectivity index (χ1n) is 19.7. The number of carbonyl (C=O) groups excluding carboxylic acids is 3. The van der Waals surface area contributed by atoms with Crippen LogP contribution in [0, 0.1) is 35.5 Å². The molecule has 4 aromatic rings. The van der Waals surface area contributed by atoms with Crippen LogP contribution < -0.4 is 5.32 Å². The van der Waals surface area contributed by atoms with Crippen LogP contribution in [0.25, 0.3) is 22.3 Å². The van der Waals surface area contributed by atoms with Gasteiger partial charge in [0, 0.05) is 42.5 Å². The second-order valence-corrected chi connectivity index (χ2v) is 16.3. The molecule has 7 rings (SSSR count). The molecule has 0 unspecified atom stereocenters. The summed E-state index contributed by atoms with van der Waals surface area (Å²) in [5.41, 5.74) is 4.71. The molecule has 0 radical (unpaired) electrons. The number of imidazole rings is 2. The van der Waals surface area contributed by atoms with Crippen molar-refractivity contribution in [2.75, 3.05) is 33.5 Å². The monoisotopic (exact) mass is 765 g/mol. The zero-order chi connectivity index (χ0) is 39.7. The summed E-state index contributed by atoms with van der Waals surface area (Å²) in [7, 11) is 1.25. The normalized spacial score (nSPS) is 23.2. The SMILES string of the molecule is COC(=O)N[C@H](C(=O)N1C[C@H](CF)C[C@H]1c1ncc(-c2ccc(C#Cc3ccc4nc([C@@H]5C[C@@]6(CCCO6)CN5C(=O)[C@@H](C)C(C)C)[nH]c4c3)cc2)[nH]1)C(C)C. The molecule has 3 fully saturated rings. The summed E-state index contributed by atoms with van der Waals surface area (Å²) in [6.45, 7) is 10.9. The van der Waals surface area contributed by atoms with Crippen LogP contribution in [0.4, 0.5) is 9.18 Å². The Hall–Kier alpha value is -5.22. The summed E-state index contributed by atoms with van der Waals surface area (Å²) in [5.74, 6) is 7.35. The maximum atomic E-state index is 13.9. The number of likely N-dealkylation sites (tertiary alicyclic amines) is 2. The number of rotatable bonds is 9. The van der Waals surface area contributed by atoms with E-state index in [9.17, 15) is 18.8 Å². The Morgan fingerprint density at radius 1 is 0.982 bits per heavy atom. The number of fused-ring (bicyclic) bond motifs is 1. The molecule has 3 aliphatic heterocycles. The predicted molar refractivity (Wildman–Crippen MR) is 210 cm³/mol. The fourth-order valence-corrected chi connectivity index (χ4v) is 8.22. The van der Waals surface area contributed by atoms with Crippen LogP contribution in [0.15, 0.2) is 48.7 Å². The van der Waals surface area contributed by atoms with Gasteiger partial charge < -0.3 is 34.6 Å². The van der Waals surface area contributed by atoms with Crippen molar-refractivity contribution in [2.24, 2.45) is 23.7 Å². The standard InChI is InChI=1S/C43H52FN7O5/c1-25(2)27(5)40(52)51-24-43(16-7-17-56-43)20-36(51)39-46-32-15-12-29(18-33(32)47-39)9-8-28-10-13-31(14-11-28)34-22-45-38(48-34)35-19-30(21-44)23-50(35)41(53)37(26(3)4)49-42(54)55-6/h10-15,18,22,25-27,30,35-37H,7,16-17,19-21,23-24H2,1-6H3,(H,45,48)(H,46,47)(H,49,54)/t27-,30-,35-,36-,37-,43-/m0/s1. The average molecular weight is 766 g/mol. The van der Waals surface area contributed by atoms with Gasteiger partial charge in [0.1, 0.15) is 17.7 Å². The second kappa shape index (κ2) is 16.1. The van der Waals surface area contributed by atoms with Crippen molar-refractivity contribution in [1.82, 2.24) is 35.1 Å². The molecule has 1 spiro atoms. The van der Waals surface area contributed by atoms with E-state index in [2.05, 4.69) is 46.0 Å². The molecule has 3 aliphatic rings. The minimum Gasteiger partial charge on any atom is -0.453 e. The van der Waals surface area contributed by atoms with Crippen molar-refractivity contribution < 1.29 is 28.2 Å². The number of methoxy groups -OCH3 is 1. The van der Waals surface area contributed by atoms with Crippen molar-refractivity contribution in [3.63, 3.8) is 0 Å². The first-order chi connectivity index (χ1) is 26.9. The van der Waals surface area contributed by atoms with Gasteiger partial charge in [-0.05, 0) is 67.0 Å². The quantitative estimate of drug-likeness (QED) is 0.161. The largest absolute Gasteiger partial charge is 0.453 e. The van der Waals surface area contributed by atoms with Crippen molar-refractivity contribution >= 4 is 28.9 Å². The van der Waals surface area contributed by atoms with Crippen LogP contribution in [-0.4, -0.2) is 92.8 Å². The highest BCUT2D eigenvalue weighted by molar-refractivity contribution is 5.86. The number of aromatic nitrogens is 4. The van der Waals surface area contributed by atoms with Gasteiger partial charge in [0.05, 0.1) is 60.9 Å². The number of H-pyrrole nitrogens is 2. The molecule has 0 saturated carbocycles. The van der Waals surface area contributed by atoms with Crippen LogP contribution in [0.1, 0.15) is 95.2 Å². The highest BCUT2D eigenvalue weighted by atomic mass is 19.1. The fourth-order valence-electron chi connectivity index (χ4n) is 8.22. The van der Waals surface area contributed by atoms with E-state index < -0.39 is 24.9 Å². The van der Waals surface area contributed by atoms with Gasteiger partial charge in [0.15, 0.2) is 0 Å². The van der Waals surface area contributed by atoms with E-state index in [1.807, 2.05) is 68.1 Å². The summed E-state index contributed by atoms with van der Waals surface area (Å²) in [4.78, 5) is 59.3. The summed E-state index contributed by atoms with van der Waals surface area (Å²) >= 11 is 0. The first-order valence-corrected chi connectivity index (χ1v) is 19.7. The van der Waals surface area contributed by atoms with Crippen molar-refractivity contribution in [3.8, 4) is 23.1 Å². The van der Waals surface area contributed by atoms with E-state index in [0.717, 1.165) is 65.1 Å². The van der Waals surface area contributed by atoms with Crippen molar-refractivity contribution in [2.45, 2.75) is 84.0 Å². The summed E-state index contributed by atoms with van der Waals surface area (Å²) in [6, 6.07) is 12.3. The lowest BCUT2D eigenvalue weighted by molar-refractivity contribution is -0.138. The Balaban J connectivity index is 1.05. The number of ether oxygens (including phenoxy) is 2. The molecule has 3 N–H and O–H groups in total. The van der Waals surface area contributed by atoms with E-state index >= 15 is 0 Å². The van der Waals surface area contributed by atoms with Crippen LogP contribution in [0.3, 0.4) is 0 Å². The van der Waals surface area contributed by atoms with Gasteiger partial charge in [-0.15, -0.1) is 0 Å². The summed E-state index contributed by atoms with van der Waals surface area (Å²) in [6.07, 6.45) is 4.14. The maximum Gasteiger partial charge on any atom is 0.407 e. The minimum atomic E-state index is -0.816. The Morgan fingerprint density at radius 3 is 2.41 bits per heavy atom. The number of benzene rings is 2. The zero-order valence-electron chi connectivity index (χ0n) is 33.0. The molecular formula is C43H52FN7O5. The smallest absolute Gasteiger partial charge is 0.407 e. The van der Waals surface area contributed by atoms with Crippen LogP contribution in [0.5, 0.6) is 0 Å². The molecule has 6 atom stereocenters. The summed E-state index contributed by atoms with van der Waals surface area (Å²) in [5, 5.41) is 2.63. The number of halogens is 1. The molecule has 2 aromatic heterocycles. The Morgan fingerprint density at radius 2 is 1.73 bits per heavy atom. The molecule has 5 heterocycles. The van der Waals surface area contributed by atoms with Gasteiger partial charge in [0.25, 0.3) is 0 Å². The lowest BCUT2D eigenvalue weighted by Gasteiger charge is -2.30. The number of nitrogens with zero attached hydrogens (tertiary/aromatic N) is 4. The lowest BCUT2D eigenvalue weighted by Crippen LogP contribution is -2.51. The molecule has 12 nitrogen and oxygen atoms in total. The molecule has 3 amide bonds. The topological polar surface area (TPSA) is 146 Å². The number of aromatic amines is 2. The number of alkyl halides is 1. The number of alkyl carbamates (subject to hydrolysis) is 1. The van der Waals surface area contributed by atoms with Crippen molar-refractivity contribution in [1.29, 1.82) is 0 Å². The van der Waals surface area contributed by atoms with Crippen LogP contribution >= 0.6 is 0 Å². The minimum absolute atomic E-state index is 0.0928. The number of amides is 3. The number of nitrogens with one attached hydrogen (secondary N) is 3. The molecule has 0 aliphatic carbocycles. The van der Waals surface area contributed by atoms with Gasteiger partial charge in [0.2, 0.25) is 11.8 Å². The maximum absolute atomic E-state index is 13.9. The van der Waals surface area contributed by atoms with Crippen LogP contribution in [-0.2, 0) is 19.1 Å². The van der Waals surface area contributed by atoms with Gasteiger partial charge >= 0.3 is 6.09 Å². The average Bonchev–Trinajstić information content (AvgIpc) is 4.05. The molecule has 56 heavy (non-hydrogen) atoms. The van der Waals surface area contributed by atoms with E-state index in [1.54, 1.807) is 11.1 Å². The number of hydrogen-bond acceptors (Lipinski definition) is 7. The molecule has 2 aromatic carbocycles. The summed E-state index contributed by atoms with van der Waals surface area (Å²) < 4.78 is 24.9. The third kappa shape index (κ3) is 7.89. The van der Waals surface area contributed by atoms with Gasteiger partial charge in [-0.1, -0.05) is 58.6 Å². The fraction of sp³-hybridized carbons (Fsp3) is 0.512. The zero-order valence-corrected chi connectivity index (χ0v) is 33.0. The first kappa shape index (κ1) is 39.0. The Labute approximate surface area is 327 Å². The molecule has 0 bridgehead atoms. The van der Waals surface area contributed by atoms with Gasteiger partial charge in [-0.25, -0.2) is 14.8 Å². The van der Waals surface area contributed by atoms with Crippen molar-refractivity contribution in [3.05, 3.63) is 71.4 Å². The molecule has 296 valence electrons. The third-order valence-electron chi connectivity index (χ3n) is 11.8. The van der Waals surface area contributed by atoms with Gasteiger partial charge in [-0.3, -0.25) is 14.0 Å². The van der Waals surface area contributed by atoms with E-state index in [1.165, 1.54) is 7.11 Å². The number of carbonyl (C=O) groups is 3. The van der Waals surface area contributed by atoms with E-state index in [0.29, 0.717) is 18.8 Å². The second-order valence-electron chi connectivity index (χ2n) is 16.3. The lowest BCUT2D eigenvalue weighted by atomic mass is 9.96. The van der Waals surface area contributed by atoms with Crippen LogP contribution in [0.2, 0.25) is 0 Å². The van der Waals surface area contributed by atoms with Gasteiger partial charge in [-0.2, -0.15) is 0 Å². The highest BCUT2D eigenvalue weighted by Crippen LogP contribution is 2.45. The molecule has 13 heteroatoms. The van der Waals surface area contributed by atoms with E-state index in [4.69, 9.17) is 14.5 Å². The Kier molecular flexibility index (Phi) is 11.2. The number of hydrogen-bond donors (Lipinski definition) is 3. The Bertz CT molecular complexity index is 2130.